The number of hydrogen-bond acceptors (Lipinski definition) is 4. The zero-order chi connectivity index (χ0) is 18.0. The summed E-state index contributed by atoms with van der Waals surface area (Å²) in [6.45, 7) is 3.95. The van der Waals surface area contributed by atoms with Gasteiger partial charge >= 0.3 is 0 Å². The molecule has 0 bridgehead atoms. The molecule has 0 radical (unpaired) electrons. The van der Waals surface area contributed by atoms with Gasteiger partial charge in [0.1, 0.15) is 4.88 Å². The number of aliphatic imine (C=N–C) groups is 1. The fourth-order valence-electron chi connectivity index (χ4n) is 2.50. The fourth-order valence-corrected chi connectivity index (χ4v) is 4.01. The van der Waals surface area contributed by atoms with E-state index in [4.69, 9.17) is 23.8 Å². The molecule has 3 aromatic rings. The average molecular weight is 389 g/mol. The summed E-state index contributed by atoms with van der Waals surface area (Å²) < 4.78 is 2.36. The van der Waals surface area contributed by atoms with Crippen molar-refractivity contribution in [2.45, 2.75) is 19.9 Å². The van der Waals surface area contributed by atoms with Crippen molar-refractivity contribution >= 4 is 47.1 Å². The largest absolute Gasteiger partial charge is 0.493 e. The Bertz CT molecular complexity index is 977. The predicted molar refractivity (Wildman–Crippen MR) is 109 cm³/mol. The summed E-state index contributed by atoms with van der Waals surface area (Å²) in [5.41, 5.74) is 2.82. The third-order valence-electron chi connectivity index (χ3n) is 4.00. The molecule has 0 aliphatic heterocycles. The van der Waals surface area contributed by atoms with E-state index in [1.165, 1.54) is 11.3 Å². The summed E-state index contributed by atoms with van der Waals surface area (Å²) in [6, 6.07) is 15.5. The molecule has 25 heavy (non-hydrogen) atoms. The maximum Gasteiger partial charge on any atom is 0.212 e. The number of halogens is 1. The van der Waals surface area contributed by atoms with Crippen molar-refractivity contribution in [3.05, 3.63) is 73.5 Å². The molecule has 1 atom stereocenters. The summed E-state index contributed by atoms with van der Waals surface area (Å²) in [5.74, 6) is 0.133. The molecule has 3 nitrogen and oxygen atoms in total. The number of benzene rings is 2. The number of thiazole rings is 1. The molecule has 0 aliphatic carbocycles. The van der Waals surface area contributed by atoms with Crippen molar-refractivity contribution in [1.82, 2.24) is 4.57 Å². The van der Waals surface area contributed by atoms with Crippen LogP contribution >= 0.6 is 35.2 Å². The third-order valence-corrected chi connectivity index (χ3v) is 5.73. The van der Waals surface area contributed by atoms with Crippen LogP contribution in [0.2, 0.25) is 5.02 Å². The molecule has 3 rings (SSSR count). The predicted octanol–water partition coefficient (Wildman–Crippen LogP) is 6.31. The Kier molecular flexibility index (Phi) is 5.37. The smallest absolute Gasteiger partial charge is 0.212 e. The minimum Gasteiger partial charge on any atom is -0.493 e. The Balaban J connectivity index is 1.93. The maximum atomic E-state index is 10.6. The molecule has 1 unspecified atom stereocenters. The Morgan fingerprint density at radius 1 is 1.24 bits per heavy atom. The van der Waals surface area contributed by atoms with E-state index in [1.807, 2.05) is 56.3 Å². The first kappa shape index (κ1) is 17.9. The molecule has 0 spiro atoms. The van der Waals surface area contributed by atoms with E-state index < -0.39 is 0 Å². The van der Waals surface area contributed by atoms with Crippen molar-refractivity contribution < 1.29 is 5.11 Å². The van der Waals surface area contributed by atoms with Crippen molar-refractivity contribution in [2.75, 3.05) is 0 Å². The first-order chi connectivity index (χ1) is 12.0. The van der Waals surface area contributed by atoms with Gasteiger partial charge in [-0.2, -0.15) is 0 Å². The topological polar surface area (TPSA) is 37.5 Å². The van der Waals surface area contributed by atoms with Gasteiger partial charge in [-0.25, -0.2) is 0 Å². The normalized spacial score (nSPS) is 12.6. The Morgan fingerprint density at radius 2 is 1.96 bits per heavy atom. The van der Waals surface area contributed by atoms with Gasteiger partial charge in [0, 0.05) is 5.02 Å². The van der Waals surface area contributed by atoms with Crippen LogP contribution in [0.15, 0.2) is 53.5 Å². The van der Waals surface area contributed by atoms with E-state index in [1.54, 1.807) is 16.8 Å². The second kappa shape index (κ2) is 7.52. The van der Waals surface area contributed by atoms with Crippen molar-refractivity contribution in [3.63, 3.8) is 0 Å². The van der Waals surface area contributed by atoms with Crippen LogP contribution in [0.4, 0.5) is 5.69 Å². The van der Waals surface area contributed by atoms with Crippen LogP contribution in [0.3, 0.4) is 0 Å². The zero-order valence-corrected chi connectivity index (χ0v) is 16.2. The van der Waals surface area contributed by atoms with Gasteiger partial charge in [0.15, 0.2) is 3.95 Å². The lowest BCUT2D eigenvalue weighted by molar-refractivity contribution is 0.405. The lowest BCUT2D eigenvalue weighted by Crippen LogP contribution is -2.06. The zero-order valence-electron chi connectivity index (χ0n) is 13.8. The molecular formula is C19H17ClN2OS2. The molecule has 0 aliphatic rings. The summed E-state index contributed by atoms with van der Waals surface area (Å²) in [6.07, 6.45) is 1.63. The van der Waals surface area contributed by atoms with E-state index in [9.17, 15) is 5.11 Å². The summed E-state index contributed by atoms with van der Waals surface area (Å²) >= 11 is 12.9. The standard InChI is InChI=1S/C19H17ClN2OS2/c1-12-8-9-15(10-16(12)20)21-11-17-18(23)22(19(24)25-17)13(2)14-6-4-3-5-7-14/h3-11,13,23H,1-2H3. The Hall–Kier alpha value is -1.95. The van der Waals surface area contributed by atoms with Gasteiger partial charge in [-0.15, -0.1) is 0 Å². The fraction of sp³-hybridized carbons (Fsp3) is 0.158. The van der Waals surface area contributed by atoms with Crippen molar-refractivity contribution in [1.29, 1.82) is 0 Å². The lowest BCUT2D eigenvalue weighted by Gasteiger charge is -2.14. The minimum absolute atomic E-state index is 0.0547. The molecule has 128 valence electrons. The summed E-state index contributed by atoms with van der Waals surface area (Å²) in [4.78, 5) is 5.04. The van der Waals surface area contributed by atoms with Gasteiger partial charge in [0.2, 0.25) is 5.88 Å². The van der Waals surface area contributed by atoms with Crippen LogP contribution in [-0.2, 0) is 0 Å². The minimum atomic E-state index is -0.0547. The van der Waals surface area contributed by atoms with Crippen LogP contribution in [0.25, 0.3) is 0 Å². The van der Waals surface area contributed by atoms with Gasteiger partial charge in [-0.3, -0.25) is 9.56 Å². The van der Waals surface area contributed by atoms with Gasteiger partial charge < -0.3 is 5.11 Å². The number of hydrogen-bond donors (Lipinski definition) is 1. The SMILES string of the molecule is Cc1ccc(N=Cc2sc(=S)n(C(C)c3ccccc3)c2O)cc1Cl. The van der Waals surface area contributed by atoms with Crippen LogP contribution in [0.1, 0.15) is 29.0 Å². The molecule has 2 aromatic carbocycles. The van der Waals surface area contributed by atoms with Crippen LogP contribution < -0.4 is 0 Å². The van der Waals surface area contributed by atoms with E-state index in [0.29, 0.717) is 13.9 Å². The highest BCUT2D eigenvalue weighted by molar-refractivity contribution is 7.73. The van der Waals surface area contributed by atoms with Gasteiger partial charge in [0.05, 0.1) is 17.9 Å². The molecule has 0 saturated heterocycles. The average Bonchev–Trinajstić information content (AvgIpc) is 2.90. The highest BCUT2D eigenvalue weighted by atomic mass is 35.5. The highest BCUT2D eigenvalue weighted by Gasteiger charge is 2.16. The van der Waals surface area contributed by atoms with Crippen LogP contribution in [-0.4, -0.2) is 15.9 Å². The second-order valence-corrected chi connectivity index (χ2v) is 7.79. The molecular weight excluding hydrogens is 372 g/mol. The molecule has 1 N–H and O–H groups in total. The number of aromatic nitrogens is 1. The first-order valence-corrected chi connectivity index (χ1v) is 9.37. The monoisotopic (exact) mass is 388 g/mol. The second-order valence-electron chi connectivity index (χ2n) is 5.70. The maximum absolute atomic E-state index is 10.6. The Labute approximate surface area is 160 Å². The lowest BCUT2D eigenvalue weighted by atomic mass is 10.1. The third kappa shape index (κ3) is 3.84. The number of rotatable bonds is 4. The highest BCUT2D eigenvalue weighted by Crippen LogP contribution is 2.32. The van der Waals surface area contributed by atoms with Gasteiger partial charge in [-0.05, 0) is 49.3 Å². The molecule has 6 heteroatoms. The van der Waals surface area contributed by atoms with E-state index in [2.05, 4.69) is 4.99 Å². The van der Waals surface area contributed by atoms with E-state index in [-0.39, 0.29) is 11.9 Å². The quantitative estimate of drug-likeness (QED) is 0.420. The molecule has 1 aromatic heterocycles. The Morgan fingerprint density at radius 3 is 2.64 bits per heavy atom. The number of nitrogens with zero attached hydrogens (tertiary/aromatic N) is 2. The molecule has 0 fully saturated rings. The number of aromatic hydroxyl groups is 1. The summed E-state index contributed by atoms with van der Waals surface area (Å²) in [5, 5.41) is 11.3. The van der Waals surface area contributed by atoms with Crippen LogP contribution in [0.5, 0.6) is 5.88 Å². The van der Waals surface area contributed by atoms with Crippen molar-refractivity contribution in [3.8, 4) is 5.88 Å². The van der Waals surface area contributed by atoms with E-state index >= 15 is 0 Å². The molecule has 0 saturated carbocycles. The number of aryl methyl sites for hydroxylation is 1. The van der Waals surface area contributed by atoms with Gasteiger partial charge in [-0.1, -0.05) is 59.3 Å². The van der Waals surface area contributed by atoms with E-state index in [0.717, 1.165) is 16.8 Å². The molecule has 1 heterocycles. The van der Waals surface area contributed by atoms with Gasteiger partial charge in [0.25, 0.3) is 0 Å². The molecule has 0 amide bonds. The van der Waals surface area contributed by atoms with Crippen LogP contribution in [0, 0.1) is 10.9 Å². The first-order valence-electron chi connectivity index (χ1n) is 7.77. The summed E-state index contributed by atoms with van der Waals surface area (Å²) in [7, 11) is 0. The van der Waals surface area contributed by atoms with Crippen molar-refractivity contribution in [2.24, 2.45) is 4.99 Å².